The number of carbonyl (C=O) groups excluding carboxylic acids is 1. The number of benzene rings is 2. The topological polar surface area (TPSA) is 78.6 Å². The van der Waals surface area contributed by atoms with Crippen LogP contribution in [0.3, 0.4) is 0 Å². The summed E-state index contributed by atoms with van der Waals surface area (Å²) in [6.07, 6.45) is 1.96. The molecule has 1 aliphatic rings. The summed E-state index contributed by atoms with van der Waals surface area (Å²) in [6.45, 7) is 2.73. The molecule has 2 aromatic carbocycles. The normalized spacial score (nSPS) is 14.1. The predicted molar refractivity (Wildman–Crippen MR) is 97.0 cm³/mol. The number of hydrogen-bond donors (Lipinski definition) is 2. The zero-order valence-corrected chi connectivity index (χ0v) is 14.6. The molecular weight excluding hydrogens is 332 g/mol. The zero-order valence-electron chi connectivity index (χ0n) is 14.6. The van der Waals surface area contributed by atoms with Crippen molar-refractivity contribution in [2.24, 2.45) is 0 Å². The minimum atomic E-state index is -0.980. The van der Waals surface area contributed by atoms with Crippen molar-refractivity contribution >= 4 is 23.3 Å². The lowest BCUT2D eigenvalue weighted by Gasteiger charge is -2.15. The molecule has 0 unspecified atom stereocenters. The summed E-state index contributed by atoms with van der Waals surface area (Å²) in [5, 5.41) is 9.05. The van der Waals surface area contributed by atoms with Crippen molar-refractivity contribution in [1.82, 2.24) is 5.43 Å². The monoisotopic (exact) mass is 353 g/mol. The molecule has 0 aliphatic carbocycles. The van der Waals surface area contributed by atoms with Gasteiger partial charge in [-0.25, -0.2) is 4.79 Å². The molecule has 0 bridgehead atoms. The summed E-state index contributed by atoms with van der Waals surface area (Å²) in [6, 6.07) is 14.2. The Morgan fingerprint density at radius 2 is 1.81 bits per heavy atom. The highest BCUT2D eigenvalue weighted by Crippen LogP contribution is 2.20. The summed E-state index contributed by atoms with van der Waals surface area (Å²) in [4.78, 5) is 22.9. The average Bonchev–Trinajstić information content (AvgIpc) is 2.67. The average molecular weight is 353 g/mol. The van der Waals surface area contributed by atoms with Gasteiger partial charge in [0.1, 0.15) is 5.75 Å². The van der Waals surface area contributed by atoms with Crippen LogP contribution in [0.4, 0.5) is 5.69 Å². The number of rotatable bonds is 6. The molecule has 2 N–H and O–H groups in total. The first-order valence-electron chi connectivity index (χ1n) is 8.60. The first kappa shape index (κ1) is 17.7. The zero-order chi connectivity index (χ0) is 18.5. The maximum atomic E-state index is 11.9. The standard InChI is InChI=1S/C20H20N2O4/c1-2-13-26-17-9-5-14(6-10-17)18-11-12-19(23)21-22(18)16-7-3-15(4-8-16)20(24)25/h3-10H,2,11-13H2,1H3,(H-,21,23,24,25)/p+1. The second-order valence-corrected chi connectivity index (χ2v) is 6.04. The Morgan fingerprint density at radius 1 is 1.12 bits per heavy atom. The molecule has 3 rings (SSSR count). The Morgan fingerprint density at radius 3 is 2.42 bits per heavy atom. The van der Waals surface area contributed by atoms with Gasteiger partial charge in [0, 0.05) is 30.5 Å². The van der Waals surface area contributed by atoms with Crippen molar-refractivity contribution in [2.75, 3.05) is 6.61 Å². The molecule has 0 saturated carbocycles. The predicted octanol–water partition coefficient (Wildman–Crippen LogP) is 3.13. The molecule has 134 valence electrons. The van der Waals surface area contributed by atoms with Crippen molar-refractivity contribution < 1.29 is 24.1 Å². The maximum absolute atomic E-state index is 11.9. The van der Waals surface area contributed by atoms with Crippen LogP contribution in [-0.2, 0) is 4.79 Å². The van der Waals surface area contributed by atoms with Gasteiger partial charge in [0.15, 0.2) is 0 Å². The first-order valence-corrected chi connectivity index (χ1v) is 8.60. The van der Waals surface area contributed by atoms with Crippen LogP contribution in [0.1, 0.15) is 42.1 Å². The van der Waals surface area contributed by atoms with E-state index in [1.165, 1.54) is 12.1 Å². The molecule has 1 heterocycles. The molecule has 1 amide bonds. The van der Waals surface area contributed by atoms with Crippen molar-refractivity contribution in [1.29, 1.82) is 0 Å². The van der Waals surface area contributed by atoms with Crippen LogP contribution < -0.4 is 10.2 Å². The van der Waals surface area contributed by atoms with E-state index in [0.29, 0.717) is 25.1 Å². The summed E-state index contributed by atoms with van der Waals surface area (Å²) < 4.78 is 7.33. The Hall–Kier alpha value is -3.15. The summed E-state index contributed by atoms with van der Waals surface area (Å²) in [5.41, 5.74) is 5.71. The van der Waals surface area contributed by atoms with Gasteiger partial charge in [0.2, 0.25) is 11.4 Å². The number of amides is 1. The molecule has 0 spiro atoms. The van der Waals surface area contributed by atoms with E-state index < -0.39 is 5.97 Å². The number of carboxylic acid groups (broad SMARTS) is 1. The lowest BCUT2D eigenvalue weighted by molar-refractivity contribution is -0.496. The van der Waals surface area contributed by atoms with Crippen molar-refractivity contribution in [3.8, 4) is 5.75 Å². The molecule has 2 aromatic rings. The van der Waals surface area contributed by atoms with Gasteiger partial charge in [0.05, 0.1) is 12.2 Å². The van der Waals surface area contributed by atoms with Crippen LogP contribution >= 0.6 is 0 Å². The molecule has 0 saturated heterocycles. The summed E-state index contributed by atoms with van der Waals surface area (Å²) in [5.74, 6) is -0.238. The van der Waals surface area contributed by atoms with Gasteiger partial charge in [-0.1, -0.05) is 11.6 Å². The SMILES string of the molecule is CCCOc1ccc(C2=[N+](c3ccc(C(=O)O)cc3)NC(=O)CC2)cc1. The van der Waals surface area contributed by atoms with Gasteiger partial charge >= 0.3 is 5.97 Å². The number of hydrogen-bond acceptors (Lipinski definition) is 3. The van der Waals surface area contributed by atoms with E-state index in [4.69, 9.17) is 9.84 Å². The van der Waals surface area contributed by atoms with E-state index in [2.05, 4.69) is 12.3 Å². The van der Waals surface area contributed by atoms with E-state index in [-0.39, 0.29) is 11.5 Å². The lowest BCUT2D eigenvalue weighted by atomic mass is 10.0. The van der Waals surface area contributed by atoms with Gasteiger partial charge in [-0.2, -0.15) is 0 Å². The number of nitrogens with zero attached hydrogens (tertiary/aromatic N) is 1. The highest BCUT2D eigenvalue weighted by atomic mass is 16.5. The number of aromatic carboxylic acids is 1. The number of nitrogens with one attached hydrogen (secondary N) is 1. The second kappa shape index (κ2) is 7.82. The van der Waals surface area contributed by atoms with Gasteiger partial charge in [-0.15, -0.1) is 5.43 Å². The van der Waals surface area contributed by atoms with Crippen LogP contribution in [0.25, 0.3) is 0 Å². The van der Waals surface area contributed by atoms with E-state index >= 15 is 0 Å². The molecule has 1 aliphatic heterocycles. The van der Waals surface area contributed by atoms with E-state index in [1.54, 1.807) is 16.8 Å². The third-order valence-electron chi connectivity index (χ3n) is 4.13. The highest BCUT2D eigenvalue weighted by molar-refractivity contribution is 6.00. The minimum absolute atomic E-state index is 0.0704. The number of hydrazone groups is 1. The van der Waals surface area contributed by atoms with Gasteiger partial charge in [-0.05, 0) is 42.8 Å². The fraction of sp³-hybridized carbons (Fsp3) is 0.250. The van der Waals surface area contributed by atoms with Gasteiger partial charge in [-0.3, -0.25) is 4.79 Å². The highest BCUT2D eigenvalue weighted by Gasteiger charge is 2.28. The molecule has 0 fully saturated rings. The Kier molecular flexibility index (Phi) is 5.31. The lowest BCUT2D eigenvalue weighted by Crippen LogP contribution is -2.40. The Bertz CT molecular complexity index is 839. The van der Waals surface area contributed by atoms with Crippen molar-refractivity contribution in [2.45, 2.75) is 26.2 Å². The third kappa shape index (κ3) is 3.91. The van der Waals surface area contributed by atoms with Crippen molar-refractivity contribution in [3.63, 3.8) is 0 Å². The van der Waals surface area contributed by atoms with Gasteiger partial charge < -0.3 is 9.84 Å². The smallest absolute Gasteiger partial charge is 0.335 e. The Balaban J connectivity index is 1.96. The fourth-order valence-corrected chi connectivity index (χ4v) is 2.80. The fourth-order valence-electron chi connectivity index (χ4n) is 2.80. The van der Waals surface area contributed by atoms with E-state index in [9.17, 15) is 9.59 Å². The second-order valence-electron chi connectivity index (χ2n) is 6.04. The minimum Gasteiger partial charge on any atom is -0.494 e. The molecule has 0 aromatic heterocycles. The molecule has 0 atom stereocenters. The largest absolute Gasteiger partial charge is 0.494 e. The maximum Gasteiger partial charge on any atom is 0.335 e. The van der Waals surface area contributed by atoms with Crippen LogP contribution in [0.15, 0.2) is 48.5 Å². The van der Waals surface area contributed by atoms with E-state index in [0.717, 1.165) is 23.4 Å². The number of hydrazine groups is 1. The van der Waals surface area contributed by atoms with Crippen LogP contribution in [0.5, 0.6) is 5.75 Å². The van der Waals surface area contributed by atoms with E-state index in [1.807, 2.05) is 24.3 Å². The molecule has 0 radical (unpaired) electrons. The molecule has 26 heavy (non-hydrogen) atoms. The van der Waals surface area contributed by atoms with Crippen molar-refractivity contribution in [3.05, 3.63) is 59.7 Å². The Labute approximate surface area is 151 Å². The number of ether oxygens (including phenoxy) is 1. The summed E-state index contributed by atoms with van der Waals surface area (Å²) >= 11 is 0. The van der Waals surface area contributed by atoms with Crippen LogP contribution in [-0.4, -0.2) is 34.0 Å². The van der Waals surface area contributed by atoms with Crippen LogP contribution in [0.2, 0.25) is 0 Å². The number of carbonyl (C=O) groups is 2. The molecule has 6 nitrogen and oxygen atoms in total. The third-order valence-corrected chi connectivity index (χ3v) is 4.13. The quantitative estimate of drug-likeness (QED) is 0.782. The number of carboxylic acids is 1. The van der Waals surface area contributed by atoms with Crippen LogP contribution in [0, 0.1) is 0 Å². The first-order chi connectivity index (χ1) is 12.6. The molecule has 6 heteroatoms. The molecular formula is C20H21N2O4+. The van der Waals surface area contributed by atoms with Gasteiger partial charge in [0.25, 0.3) is 5.91 Å². The summed E-state index contributed by atoms with van der Waals surface area (Å²) in [7, 11) is 0.